The minimum absolute atomic E-state index is 0.0375. The Bertz CT molecular complexity index is 1500. The molecule has 10 heteroatoms. The molecule has 0 bridgehead atoms. The van der Waals surface area contributed by atoms with Crippen LogP contribution in [-0.4, -0.2) is 38.4 Å². The minimum Gasteiger partial charge on any atom is -0.490 e. The smallest absolute Gasteiger partial charge is 0.241 e. The van der Waals surface area contributed by atoms with Crippen molar-refractivity contribution >= 4 is 37.4 Å². The van der Waals surface area contributed by atoms with E-state index in [0.717, 1.165) is 47.5 Å². The molecule has 1 atom stereocenters. The maximum absolute atomic E-state index is 13.3. The van der Waals surface area contributed by atoms with Gasteiger partial charge in [0.1, 0.15) is 22.7 Å². The summed E-state index contributed by atoms with van der Waals surface area (Å²) in [6, 6.07) is 20.8. The number of fused-ring (bicyclic) bond motifs is 1. The number of nitrogens with zero attached hydrogens (tertiary/aromatic N) is 1. The van der Waals surface area contributed by atoms with Crippen LogP contribution in [-0.2, 0) is 16.4 Å². The summed E-state index contributed by atoms with van der Waals surface area (Å²) in [6.45, 7) is 1.90. The number of sulfonamides is 1. The molecule has 8 nitrogen and oxygen atoms in total. The number of piperidine rings is 1. The molecule has 4 aromatic rings. The Kier molecular flexibility index (Phi) is 7.52. The standard InChI is InChI=1S/C27H29N5O3S2/c28-26(29)19-6-4-5-18(15-19)16-24(32-37(33,34)22-7-2-1-3-8-22)27-31-23-10-9-21(17-25(23)36-27)35-20-11-13-30-14-12-20/h1-10,15,17,20,24,30,32H,11-14,16H2,(H3,28,29). The van der Waals surface area contributed by atoms with Gasteiger partial charge in [0.15, 0.2) is 0 Å². The molecule has 1 aliphatic heterocycles. The highest BCUT2D eigenvalue weighted by Gasteiger charge is 2.25. The molecule has 0 radical (unpaired) electrons. The van der Waals surface area contributed by atoms with E-state index in [-0.39, 0.29) is 16.8 Å². The molecule has 0 amide bonds. The van der Waals surface area contributed by atoms with Crippen LogP contribution in [0, 0.1) is 5.41 Å². The molecule has 1 aliphatic rings. The molecule has 1 aromatic heterocycles. The lowest BCUT2D eigenvalue weighted by molar-refractivity contribution is 0.162. The number of nitrogens with two attached hydrogens (primary N) is 1. The van der Waals surface area contributed by atoms with Gasteiger partial charge in [-0.25, -0.2) is 18.1 Å². The highest BCUT2D eigenvalue weighted by Crippen LogP contribution is 2.32. The Balaban J connectivity index is 1.46. The van der Waals surface area contributed by atoms with Gasteiger partial charge in [0.2, 0.25) is 10.0 Å². The Labute approximate surface area is 220 Å². The van der Waals surface area contributed by atoms with Gasteiger partial charge in [-0.05, 0) is 74.3 Å². The molecule has 192 valence electrons. The molecular weight excluding hydrogens is 506 g/mol. The maximum Gasteiger partial charge on any atom is 0.241 e. The number of hydrogen-bond donors (Lipinski definition) is 4. The van der Waals surface area contributed by atoms with Crippen LogP contribution in [0.2, 0.25) is 0 Å². The average molecular weight is 536 g/mol. The number of thiazole rings is 1. The van der Waals surface area contributed by atoms with Crippen molar-refractivity contribution in [3.8, 4) is 5.75 Å². The van der Waals surface area contributed by atoms with Crippen molar-refractivity contribution in [3.05, 3.63) is 88.9 Å². The molecule has 1 fully saturated rings. The van der Waals surface area contributed by atoms with Gasteiger partial charge in [-0.1, -0.05) is 36.4 Å². The second-order valence-electron chi connectivity index (χ2n) is 9.05. The Morgan fingerprint density at radius 3 is 2.65 bits per heavy atom. The first-order valence-electron chi connectivity index (χ1n) is 12.2. The van der Waals surface area contributed by atoms with Crippen LogP contribution in [0.15, 0.2) is 77.7 Å². The molecule has 0 spiro atoms. The van der Waals surface area contributed by atoms with Crippen LogP contribution in [0.3, 0.4) is 0 Å². The third-order valence-corrected chi connectivity index (χ3v) is 8.91. The van der Waals surface area contributed by atoms with Gasteiger partial charge >= 0.3 is 0 Å². The fourth-order valence-electron chi connectivity index (χ4n) is 4.39. The quantitative estimate of drug-likeness (QED) is 0.190. The largest absolute Gasteiger partial charge is 0.490 e. The zero-order valence-corrected chi connectivity index (χ0v) is 21.8. The first-order valence-corrected chi connectivity index (χ1v) is 14.5. The normalized spacial score (nSPS) is 15.5. The van der Waals surface area contributed by atoms with Crippen LogP contribution < -0.4 is 20.5 Å². The van der Waals surface area contributed by atoms with Crippen molar-refractivity contribution in [2.75, 3.05) is 13.1 Å². The summed E-state index contributed by atoms with van der Waals surface area (Å²) in [5.74, 6) is 0.759. The highest BCUT2D eigenvalue weighted by atomic mass is 32.2. The summed E-state index contributed by atoms with van der Waals surface area (Å²) >= 11 is 1.45. The predicted molar refractivity (Wildman–Crippen MR) is 147 cm³/mol. The molecular formula is C27H29N5O3S2. The Hall–Kier alpha value is -3.31. The number of nitrogens with one attached hydrogen (secondary N) is 3. The van der Waals surface area contributed by atoms with Gasteiger partial charge < -0.3 is 15.8 Å². The van der Waals surface area contributed by atoms with E-state index < -0.39 is 16.1 Å². The van der Waals surface area contributed by atoms with Gasteiger partial charge in [0.25, 0.3) is 0 Å². The van der Waals surface area contributed by atoms with Gasteiger partial charge in [-0.15, -0.1) is 11.3 Å². The summed E-state index contributed by atoms with van der Waals surface area (Å²) in [4.78, 5) is 4.98. The number of hydrogen-bond acceptors (Lipinski definition) is 7. The fourth-order valence-corrected chi connectivity index (χ4v) is 6.73. The topological polar surface area (TPSA) is 130 Å². The molecule has 0 aliphatic carbocycles. The van der Waals surface area contributed by atoms with E-state index in [1.807, 2.05) is 36.4 Å². The number of ether oxygens (including phenoxy) is 1. The predicted octanol–water partition coefficient (Wildman–Crippen LogP) is 3.97. The van der Waals surface area contributed by atoms with E-state index in [2.05, 4.69) is 10.0 Å². The molecule has 2 heterocycles. The second kappa shape index (κ2) is 11.0. The van der Waals surface area contributed by atoms with Crippen molar-refractivity contribution in [1.82, 2.24) is 15.0 Å². The first-order chi connectivity index (χ1) is 17.9. The third-order valence-electron chi connectivity index (χ3n) is 6.29. The van der Waals surface area contributed by atoms with Crippen molar-refractivity contribution in [2.24, 2.45) is 5.73 Å². The van der Waals surface area contributed by atoms with E-state index in [1.54, 1.807) is 36.4 Å². The van der Waals surface area contributed by atoms with Gasteiger partial charge in [-0.3, -0.25) is 5.41 Å². The van der Waals surface area contributed by atoms with Crippen LogP contribution in [0.1, 0.15) is 35.0 Å². The lowest BCUT2D eigenvalue weighted by atomic mass is 10.0. The zero-order chi connectivity index (χ0) is 25.8. The van der Waals surface area contributed by atoms with E-state index in [9.17, 15) is 8.42 Å². The molecule has 3 aromatic carbocycles. The Morgan fingerprint density at radius 2 is 1.89 bits per heavy atom. The highest BCUT2D eigenvalue weighted by molar-refractivity contribution is 7.89. The maximum atomic E-state index is 13.3. The van der Waals surface area contributed by atoms with E-state index in [4.69, 9.17) is 20.9 Å². The summed E-state index contributed by atoms with van der Waals surface area (Å²) in [7, 11) is -3.80. The van der Waals surface area contributed by atoms with Gasteiger partial charge in [-0.2, -0.15) is 0 Å². The number of aromatic nitrogens is 1. The van der Waals surface area contributed by atoms with Crippen molar-refractivity contribution in [2.45, 2.75) is 36.3 Å². The second-order valence-corrected chi connectivity index (χ2v) is 11.8. The van der Waals surface area contributed by atoms with Crippen LogP contribution in [0.25, 0.3) is 10.2 Å². The SMILES string of the molecule is N=C(N)c1cccc(CC(NS(=O)(=O)c2ccccc2)c2nc3ccc(OC4CCNCC4)cc3s2)c1. The van der Waals surface area contributed by atoms with Crippen molar-refractivity contribution < 1.29 is 13.2 Å². The van der Waals surface area contributed by atoms with Crippen LogP contribution in [0.5, 0.6) is 5.75 Å². The van der Waals surface area contributed by atoms with E-state index >= 15 is 0 Å². The molecule has 0 saturated carbocycles. The summed E-state index contributed by atoms with van der Waals surface area (Å²) in [5.41, 5.74) is 7.91. The van der Waals surface area contributed by atoms with Crippen LogP contribution in [0.4, 0.5) is 0 Å². The zero-order valence-electron chi connectivity index (χ0n) is 20.2. The minimum atomic E-state index is -3.80. The first kappa shape index (κ1) is 25.3. The molecule has 1 saturated heterocycles. The van der Waals surface area contributed by atoms with Gasteiger partial charge in [0.05, 0.1) is 21.2 Å². The van der Waals surface area contributed by atoms with Crippen molar-refractivity contribution in [1.29, 1.82) is 5.41 Å². The lowest BCUT2D eigenvalue weighted by Gasteiger charge is -2.23. The number of benzene rings is 3. The molecule has 5 rings (SSSR count). The van der Waals surface area contributed by atoms with E-state index in [1.165, 1.54) is 11.3 Å². The summed E-state index contributed by atoms with van der Waals surface area (Å²) < 4.78 is 36.5. The average Bonchev–Trinajstić information content (AvgIpc) is 3.33. The monoisotopic (exact) mass is 535 g/mol. The number of nitrogen functional groups attached to an aromatic ring is 1. The summed E-state index contributed by atoms with van der Waals surface area (Å²) in [5, 5.41) is 11.8. The Morgan fingerprint density at radius 1 is 1.11 bits per heavy atom. The molecule has 5 N–H and O–H groups in total. The fraction of sp³-hybridized carbons (Fsp3) is 0.259. The molecule has 37 heavy (non-hydrogen) atoms. The van der Waals surface area contributed by atoms with Gasteiger partial charge in [0, 0.05) is 5.56 Å². The number of rotatable bonds is 9. The van der Waals surface area contributed by atoms with Crippen molar-refractivity contribution in [3.63, 3.8) is 0 Å². The molecule has 1 unspecified atom stereocenters. The van der Waals surface area contributed by atoms with E-state index in [0.29, 0.717) is 17.0 Å². The summed E-state index contributed by atoms with van der Waals surface area (Å²) in [6.07, 6.45) is 2.47. The number of amidine groups is 1. The van der Waals surface area contributed by atoms with Crippen LogP contribution >= 0.6 is 11.3 Å². The lowest BCUT2D eigenvalue weighted by Crippen LogP contribution is -2.34. The third kappa shape index (κ3) is 6.16.